The first kappa shape index (κ1) is 118. The molecule has 0 heterocycles. The molecule has 4 N–H and O–H groups in total. The molecule has 18 heteroatoms. The van der Waals surface area contributed by atoms with Gasteiger partial charge in [0.2, 0.25) is 0 Å². The van der Waals surface area contributed by atoms with Crippen LogP contribution in [0, 0.1) is 0 Å². The van der Waals surface area contributed by atoms with Gasteiger partial charge in [0.15, 0.2) is 6.10 Å². The summed E-state index contributed by atoms with van der Waals surface area (Å²) in [4.78, 5) is 59.1. The number of carbonyl (C=O) groups excluding carboxylic acids is 3. The van der Waals surface area contributed by atoms with E-state index in [-0.39, 0.29) is 19.3 Å². The Labute approximate surface area is 753 Å². The zero-order valence-corrected chi connectivity index (χ0v) is 80.4. The van der Waals surface area contributed by atoms with E-state index in [9.17, 15) is 43.5 Å². The lowest BCUT2D eigenvalue weighted by Gasteiger charge is -2.21. The summed E-state index contributed by atoms with van der Waals surface area (Å²) in [6, 6.07) is 0. The number of ether oxygens (including phenoxy) is 3. The van der Waals surface area contributed by atoms with Gasteiger partial charge in [0.1, 0.15) is 25.4 Å². The van der Waals surface area contributed by atoms with Crippen LogP contribution in [0.1, 0.15) is 445 Å². The minimum absolute atomic E-state index is 0.0938. The highest BCUT2D eigenvalue weighted by Crippen LogP contribution is 2.45. The van der Waals surface area contributed by atoms with Crippen molar-refractivity contribution in [2.45, 2.75) is 463 Å². The first-order valence-corrected chi connectivity index (χ1v) is 53.1. The summed E-state index contributed by atoms with van der Waals surface area (Å²) >= 11 is 0. The largest absolute Gasteiger partial charge is 0.472 e. The molecular formula is C105H184O16P2. The molecule has 0 saturated heterocycles. The summed E-state index contributed by atoms with van der Waals surface area (Å²) in [7, 11) is -9.81. The molecule has 0 rings (SSSR count). The molecule has 0 fully saturated rings. The Morgan fingerprint density at radius 2 is 0.431 bits per heavy atom. The third-order valence-electron chi connectivity index (χ3n) is 21.5. The number of phosphoric acid groups is 2. The molecule has 0 saturated carbocycles. The van der Waals surface area contributed by atoms with Gasteiger partial charge >= 0.3 is 33.6 Å². The van der Waals surface area contributed by atoms with Gasteiger partial charge in [-0.25, -0.2) is 9.13 Å². The van der Waals surface area contributed by atoms with Crippen molar-refractivity contribution in [3.63, 3.8) is 0 Å². The van der Waals surface area contributed by atoms with Crippen molar-refractivity contribution < 1.29 is 75.8 Å². The number of rotatable bonds is 95. The van der Waals surface area contributed by atoms with E-state index in [4.69, 9.17) is 32.3 Å². The van der Waals surface area contributed by atoms with Crippen molar-refractivity contribution in [2.75, 3.05) is 39.6 Å². The lowest BCUT2D eigenvalue weighted by Crippen LogP contribution is -2.30. The first-order valence-electron chi connectivity index (χ1n) is 50.1. The Morgan fingerprint density at radius 1 is 0.236 bits per heavy atom. The fraction of sp³-hybridized carbons (Fsp3) is 0.743. The minimum atomic E-state index is -4.94. The van der Waals surface area contributed by atoms with E-state index in [2.05, 4.69) is 167 Å². The molecule has 0 amide bonds. The maximum Gasteiger partial charge on any atom is 0.472 e. The predicted octanol–water partition coefficient (Wildman–Crippen LogP) is 31.5. The van der Waals surface area contributed by atoms with Crippen LogP contribution in [0.4, 0.5) is 0 Å². The van der Waals surface area contributed by atoms with Crippen LogP contribution in [0.5, 0.6) is 0 Å². The first-order chi connectivity index (χ1) is 60.2. The quantitative estimate of drug-likeness (QED) is 0.0146. The van der Waals surface area contributed by atoms with Crippen LogP contribution in [0.15, 0.2) is 146 Å². The van der Waals surface area contributed by atoms with Gasteiger partial charge in [0.05, 0.1) is 26.4 Å². The standard InChI is InChI=1S/C105H184O16P2/c1-4-7-10-13-16-19-22-25-28-31-33-35-37-39-41-43-45-47-49-51-53-55-57-59-61-63-65-68-70-73-76-79-82-85-88-91-103(108)115-94-100(106)95-117-122(111,112)118-96-101(107)97-119-123(113,114)120-99-102(121-105(110)93-90-87-84-81-78-75-72-67-30-27-24-21-18-15-12-9-6-3)98-116-104(109)92-89-86-83-80-77-74-71-69-66-64-62-60-58-56-54-52-50-48-46-44-42-40-38-36-34-32-29-26-23-20-17-14-11-8-5-2/h7,9-10,12,16-21,25-30,33-36,39-42,100-102,106-107H,4-6,8,11,13-15,22-24,31-32,37-38,43-99H2,1-3H3,(H,111,112)(H,113,114)/b10-7-,12-9-,19-16-,20-17-,21-18-,28-25-,29-26-,30-27-,35-33-,36-34-,41-39-,42-40-. The van der Waals surface area contributed by atoms with Crippen molar-refractivity contribution in [1.82, 2.24) is 0 Å². The Balaban J connectivity index is 4.42. The van der Waals surface area contributed by atoms with Crippen molar-refractivity contribution in [3.05, 3.63) is 146 Å². The summed E-state index contributed by atoms with van der Waals surface area (Å²) in [6.45, 7) is 2.50. The highest BCUT2D eigenvalue weighted by molar-refractivity contribution is 7.47. The average molecular weight is 1760 g/mol. The van der Waals surface area contributed by atoms with Crippen LogP contribution in [0.25, 0.3) is 0 Å². The molecule has 123 heavy (non-hydrogen) atoms. The van der Waals surface area contributed by atoms with E-state index in [0.717, 1.165) is 154 Å². The molecule has 0 aliphatic heterocycles. The van der Waals surface area contributed by atoms with Crippen molar-refractivity contribution in [1.29, 1.82) is 0 Å². The van der Waals surface area contributed by atoms with Crippen molar-refractivity contribution in [3.8, 4) is 0 Å². The average Bonchev–Trinajstić information content (AvgIpc) is 0.897. The molecule has 0 spiro atoms. The van der Waals surface area contributed by atoms with Gasteiger partial charge in [-0.1, -0.05) is 430 Å². The number of hydrogen-bond acceptors (Lipinski definition) is 14. The maximum atomic E-state index is 13.1. The molecule has 5 unspecified atom stereocenters. The number of aliphatic hydroxyl groups is 2. The number of aliphatic hydroxyl groups excluding tert-OH is 2. The highest BCUT2D eigenvalue weighted by Gasteiger charge is 2.30. The van der Waals surface area contributed by atoms with Gasteiger partial charge in [-0.15, -0.1) is 0 Å². The van der Waals surface area contributed by atoms with Crippen LogP contribution >= 0.6 is 15.6 Å². The van der Waals surface area contributed by atoms with Crippen molar-refractivity contribution in [2.24, 2.45) is 0 Å². The normalized spacial score (nSPS) is 14.3. The van der Waals surface area contributed by atoms with Gasteiger partial charge in [-0.3, -0.25) is 32.5 Å². The summed E-state index contributed by atoms with van der Waals surface area (Å²) < 4.78 is 61.6. The lowest BCUT2D eigenvalue weighted by molar-refractivity contribution is -0.161. The lowest BCUT2D eigenvalue weighted by atomic mass is 10.0. The fourth-order valence-corrected chi connectivity index (χ4v) is 15.6. The van der Waals surface area contributed by atoms with E-state index >= 15 is 0 Å². The van der Waals surface area contributed by atoms with Crippen LogP contribution in [-0.2, 0) is 55.8 Å². The van der Waals surface area contributed by atoms with E-state index in [0.29, 0.717) is 19.3 Å². The third kappa shape index (κ3) is 97.9. The Hall–Kier alpha value is -4.57. The van der Waals surface area contributed by atoms with E-state index in [1.807, 2.05) is 0 Å². The second-order valence-electron chi connectivity index (χ2n) is 33.5. The molecule has 0 radical (unpaired) electrons. The monoisotopic (exact) mass is 1760 g/mol. The zero-order chi connectivity index (χ0) is 89.3. The second-order valence-corrected chi connectivity index (χ2v) is 36.4. The van der Waals surface area contributed by atoms with Crippen LogP contribution < -0.4 is 0 Å². The molecular weight excluding hydrogens is 1580 g/mol. The molecule has 0 aromatic carbocycles. The molecule has 0 aliphatic carbocycles. The Kier molecular flexibility index (Phi) is 92.9. The molecule has 0 aromatic rings. The van der Waals surface area contributed by atoms with E-state index < -0.39 is 91.5 Å². The second kappa shape index (κ2) is 96.5. The van der Waals surface area contributed by atoms with Crippen LogP contribution in [0.2, 0.25) is 0 Å². The summed E-state index contributed by atoms with van der Waals surface area (Å²) in [6.07, 6.45) is 124. The molecule has 710 valence electrons. The third-order valence-corrected chi connectivity index (χ3v) is 23.4. The number of hydrogen-bond donors (Lipinski definition) is 4. The van der Waals surface area contributed by atoms with Crippen LogP contribution in [-0.4, -0.2) is 95.9 Å². The SMILES string of the molecule is CC/C=C\C/C=C\C/C=C\C/C=C\C/C=C\CCCCCCCCCCCCCCCCCCCCCC(=O)OCC(O)COP(=O)(O)OCC(O)COP(=O)(O)OCC(COC(=O)CCCCCCCCCCCCCCCCCCCCC/C=C\C/C=C\C/C=C\C/C=C\CCCCC)OC(=O)CCCCCCCCC/C=C\C/C=C\C/C=C\CC. The minimum Gasteiger partial charge on any atom is -0.463 e. The maximum absolute atomic E-state index is 13.1. The molecule has 0 aliphatic rings. The Bertz CT molecular complexity index is 2820. The van der Waals surface area contributed by atoms with Gasteiger partial charge in [-0.05, 0) is 141 Å². The number of phosphoric ester groups is 2. The number of allylic oxidation sites excluding steroid dienone is 24. The highest BCUT2D eigenvalue weighted by atomic mass is 31.2. The van der Waals surface area contributed by atoms with E-state index in [1.165, 1.54) is 231 Å². The predicted molar refractivity (Wildman–Crippen MR) is 519 cm³/mol. The molecule has 5 atom stereocenters. The summed E-state index contributed by atoms with van der Waals surface area (Å²) in [5.41, 5.74) is 0. The zero-order valence-electron chi connectivity index (χ0n) is 78.6. The number of carbonyl (C=O) groups is 3. The van der Waals surface area contributed by atoms with Crippen molar-refractivity contribution >= 4 is 33.6 Å². The topological polar surface area (TPSA) is 231 Å². The summed E-state index contributed by atoms with van der Waals surface area (Å²) in [5.74, 6) is -1.56. The number of esters is 3. The Morgan fingerprint density at radius 3 is 0.683 bits per heavy atom. The van der Waals surface area contributed by atoms with Gasteiger partial charge < -0.3 is 34.2 Å². The molecule has 16 nitrogen and oxygen atoms in total. The molecule has 0 aromatic heterocycles. The smallest absolute Gasteiger partial charge is 0.463 e. The van der Waals surface area contributed by atoms with E-state index in [1.54, 1.807) is 0 Å². The van der Waals surface area contributed by atoms with Gasteiger partial charge in [0, 0.05) is 19.3 Å². The van der Waals surface area contributed by atoms with Gasteiger partial charge in [-0.2, -0.15) is 0 Å². The summed E-state index contributed by atoms with van der Waals surface area (Å²) in [5, 5.41) is 20.8. The molecule has 0 bridgehead atoms. The van der Waals surface area contributed by atoms with Gasteiger partial charge in [0.25, 0.3) is 0 Å². The fourth-order valence-electron chi connectivity index (χ4n) is 14.0. The van der Waals surface area contributed by atoms with Crippen LogP contribution in [0.3, 0.4) is 0 Å². The number of unbranched alkanes of at least 4 members (excludes halogenated alkanes) is 48.